The van der Waals surface area contributed by atoms with E-state index in [9.17, 15) is 29.1 Å². The van der Waals surface area contributed by atoms with Crippen molar-refractivity contribution in [3.8, 4) is 45.6 Å². The molecule has 0 radical (unpaired) electrons. The molecular formula is C66H75N5O14Si2. The number of nitrogens with zero attached hydrogens (tertiary/aromatic N) is 5. The number of hydrogen-bond acceptors (Lipinski definition) is 13. The van der Waals surface area contributed by atoms with E-state index in [1.54, 1.807) is 48.8 Å². The van der Waals surface area contributed by atoms with Gasteiger partial charge in [-0.05, 0) is 75.3 Å². The maximum absolute atomic E-state index is 14.9. The summed E-state index contributed by atoms with van der Waals surface area (Å²) in [7, 11) is -0.0304. The number of carboxylic acid groups (broad SMARTS) is 1. The van der Waals surface area contributed by atoms with Gasteiger partial charge in [-0.25, -0.2) is 4.79 Å². The smallest absolute Gasteiger partial charge is 0.407 e. The summed E-state index contributed by atoms with van der Waals surface area (Å²) in [5, 5.41) is 10.4. The molecule has 21 heteroatoms. The molecule has 2 atom stereocenters. The van der Waals surface area contributed by atoms with E-state index in [1.165, 1.54) is 38.7 Å². The molecule has 19 nitrogen and oxygen atoms in total. The van der Waals surface area contributed by atoms with Crippen molar-refractivity contribution < 1.29 is 67.0 Å². The normalized spacial score (nSPS) is 17.7. The summed E-state index contributed by atoms with van der Waals surface area (Å²) in [5.41, 5.74) is 7.81. The number of fused-ring (bicyclic) bond motifs is 8. The van der Waals surface area contributed by atoms with Gasteiger partial charge in [-0.15, -0.1) is 0 Å². The lowest BCUT2D eigenvalue weighted by atomic mass is 9.96. The SMILES string of the molecule is COc1cc2c(cc1OCCCOc1cc3c(cc1OC)C(=O)N1C=C(c4ccc5c(c4)OCO5)C[C@H]1C(=O)N3COCC[Si](C)(C)C)N(COCC[Si](C)(C)C)C(=O)[C@@H]1CC(/C=C/CN(CC3c4ccccc4-c4ccccc43)C(=O)O)=CN1C2=O. The average molecular weight is 1220 g/mol. The molecule has 0 unspecified atom stereocenters. The molecule has 0 saturated heterocycles. The highest BCUT2D eigenvalue weighted by Gasteiger charge is 2.45. The van der Waals surface area contributed by atoms with Crippen LogP contribution in [0.15, 0.2) is 121 Å². The first kappa shape index (κ1) is 60.3. The van der Waals surface area contributed by atoms with Gasteiger partial charge in [0.05, 0.1) is 49.9 Å². The molecule has 0 bridgehead atoms. The van der Waals surface area contributed by atoms with Crippen LogP contribution in [0.25, 0.3) is 16.7 Å². The van der Waals surface area contributed by atoms with E-state index in [1.807, 2.05) is 42.5 Å². The number of ether oxygens (including phenoxy) is 8. The van der Waals surface area contributed by atoms with Gasteiger partial charge in [-0.2, -0.15) is 0 Å². The van der Waals surface area contributed by atoms with E-state index in [0.29, 0.717) is 59.6 Å². The molecule has 5 aliphatic heterocycles. The predicted molar refractivity (Wildman–Crippen MR) is 335 cm³/mol. The third kappa shape index (κ3) is 12.7. The fourth-order valence-electron chi connectivity index (χ4n) is 11.8. The molecule has 0 saturated carbocycles. The van der Waals surface area contributed by atoms with E-state index in [4.69, 9.17) is 37.9 Å². The van der Waals surface area contributed by atoms with Crippen LogP contribution < -0.4 is 38.2 Å². The van der Waals surface area contributed by atoms with E-state index >= 15 is 0 Å². The molecule has 87 heavy (non-hydrogen) atoms. The number of methoxy groups -OCH3 is 2. The second-order valence-electron chi connectivity index (χ2n) is 24.9. The summed E-state index contributed by atoms with van der Waals surface area (Å²) in [5.74, 6) is 0.820. The van der Waals surface area contributed by atoms with Crippen LogP contribution in [0.4, 0.5) is 16.2 Å². The number of amides is 5. The lowest BCUT2D eigenvalue weighted by Crippen LogP contribution is -2.45. The maximum atomic E-state index is 14.9. The van der Waals surface area contributed by atoms with Gasteiger partial charge >= 0.3 is 6.09 Å². The molecule has 5 amide bonds. The summed E-state index contributed by atoms with van der Waals surface area (Å²) in [6, 6.07) is 28.3. The summed E-state index contributed by atoms with van der Waals surface area (Å²) in [6.45, 7) is 14.9. The van der Waals surface area contributed by atoms with Crippen molar-refractivity contribution >= 4 is 62.8 Å². The Morgan fingerprint density at radius 1 is 0.632 bits per heavy atom. The molecule has 5 aromatic carbocycles. The maximum Gasteiger partial charge on any atom is 0.407 e. The fraction of sp³-hybridized carbons (Fsp3) is 0.379. The van der Waals surface area contributed by atoms with Crippen LogP contribution in [0.3, 0.4) is 0 Å². The van der Waals surface area contributed by atoms with E-state index in [2.05, 4.69) is 63.5 Å². The number of hydrogen-bond donors (Lipinski definition) is 1. The number of allylic oxidation sites excluding steroid dienone is 1. The average Bonchev–Trinajstić information content (AvgIpc) is 1.87. The van der Waals surface area contributed by atoms with Gasteiger partial charge in [0.25, 0.3) is 23.6 Å². The van der Waals surface area contributed by atoms with E-state index in [0.717, 1.165) is 45.5 Å². The molecule has 0 fully saturated rings. The van der Waals surface area contributed by atoms with Crippen molar-refractivity contribution in [3.05, 3.63) is 149 Å². The molecule has 6 aliphatic rings. The number of benzene rings is 5. The van der Waals surface area contributed by atoms with Crippen molar-refractivity contribution in [3.63, 3.8) is 0 Å². The first-order chi connectivity index (χ1) is 41.8. The summed E-state index contributed by atoms with van der Waals surface area (Å²) in [4.78, 5) is 79.1. The monoisotopic (exact) mass is 1220 g/mol. The van der Waals surface area contributed by atoms with Crippen LogP contribution in [-0.2, 0) is 19.1 Å². The summed E-state index contributed by atoms with van der Waals surface area (Å²) in [6.07, 6.45) is 6.73. The first-order valence-corrected chi connectivity index (χ1v) is 37.0. The minimum atomic E-state index is -1.52. The Balaban J connectivity index is 0.794. The Morgan fingerprint density at radius 3 is 1.70 bits per heavy atom. The molecule has 5 aromatic rings. The minimum Gasteiger partial charge on any atom is -0.493 e. The van der Waals surface area contributed by atoms with Crippen LogP contribution in [0.2, 0.25) is 51.4 Å². The molecular weight excluding hydrogens is 1140 g/mol. The minimum absolute atomic E-state index is 0.0780. The summed E-state index contributed by atoms with van der Waals surface area (Å²) < 4.78 is 48.1. The Morgan fingerprint density at radius 2 is 1.16 bits per heavy atom. The number of rotatable bonds is 24. The van der Waals surface area contributed by atoms with Gasteiger partial charge in [-0.1, -0.05) is 106 Å². The second-order valence-corrected chi connectivity index (χ2v) is 36.2. The van der Waals surface area contributed by atoms with E-state index in [-0.39, 0.29) is 106 Å². The van der Waals surface area contributed by atoms with Gasteiger partial charge in [0.1, 0.15) is 25.5 Å². The largest absolute Gasteiger partial charge is 0.493 e. The van der Waals surface area contributed by atoms with Gasteiger partial charge in [-0.3, -0.25) is 29.0 Å². The zero-order valence-corrected chi connectivity index (χ0v) is 52.6. The highest BCUT2D eigenvalue weighted by molar-refractivity contribution is 6.76. The fourth-order valence-corrected chi connectivity index (χ4v) is 13.3. The zero-order valence-electron chi connectivity index (χ0n) is 50.6. The standard InChI is InChI=1S/C66H75N5O14Si2/c1-78-57-32-49-52(70(39-80-25-27-86(3,4)5)64(74)54-29-42(36-68(54)62(49)72)15-13-22-67(66(76)77)38-51-47-18-11-9-16-45(47)46-17-10-12-19-48(46)51)34-60(57)82-23-14-24-83-61-35-53-50(33-58(61)79-2)63(73)69-37-44(43-20-21-56-59(31-43)85-41-84-56)30-55(69)65(75)71(53)40-81-26-28-87(6,7)8/h9-13,15-21,31-37,51,54-55H,14,22-30,38-41H2,1-8H3,(H,76,77)/b15-13+/t54-,55-/m0/s1. The van der Waals surface area contributed by atoms with Crippen LogP contribution in [0, 0.1) is 0 Å². The number of carbonyl (C=O) groups is 5. The first-order valence-electron chi connectivity index (χ1n) is 29.6. The van der Waals surface area contributed by atoms with Crippen molar-refractivity contribution in [2.24, 2.45) is 0 Å². The molecule has 5 heterocycles. The molecule has 0 spiro atoms. The third-order valence-electron chi connectivity index (χ3n) is 16.6. The van der Waals surface area contributed by atoms with Crippen LogP contribution in [-0.4, -0.2) is 152 Å². The highest BCUT2D eigenvalue weighted by Crippen LogP contribution is 2.47. The molecule has 456 valence electrons. The number of anilines is 2. The molecule has 11 rings (SSSR count). The van der Waals surface area contributed by atoms with Crippen molar-refractivity contribution in [1.82, 2.24) is 14.7 Å². The van der Waals surface area contributed by atoms with Crippen LogP contribution in [0.5, 0.6) is 34.5 Å². The van der Waals surface area contributed by atoms with Crippen molar-refractivity contribution in [2.75, 3.05) is 83.8 Å². The highest BCUT2D eigenvalue weighted by atomic mass is 28.3. The molecule has 1 N–H and O–H groups in total. The molecule has 1 aliphatic carbocycles. The second kappa shape index (κ2) is 25.1. The van der Waals surface area contributed by atoms with Gasteiger partial charge in [0.2, 0.25) is 6.79 Å². The zero-order chi connectivity index (χ0) is 61.3. The lowest BCUT2D eigenvalue weighted by Gasteiger charge is -2.27. The van der Waals surface area contributed by atoms with Crippen molar-refractivity contribution in [2.45, 2.75) is 88.6 Å². The topological polar surface area (TPSA) is 196 Å². The Labute approximate surface area is 509 Å². The number of carbonyl (C=O) groups excluding carboxylic acids is 4. The Hall–Kier alpha value is -8.38. The van der Waals surface area contributed by atoms with Gasteiger partial charge in [0, 0.05) is 92.2 Å². The van der Waals surface area contributed by atoms with Gasteiger partial charge < -0.3 is 57.7 Å². The Bertz CT molecular complexity index is 3560. The Kier molecular flexibility index (Phi) is 17.4. The van der Waals surface area contributed by atoms with Crippen LogP contribution >= 0.6 is 0 Å². The van der Waals surface area contributed by atoms with Crippen molar-refractivity contribution in [1.29, 1.82) is 0 Å². The lowest BCUT2D eigenvalue weighted by molar-refractivity contribution is -0.123. The van der Waals surface area contributed by atoms with Gasteiger partial charge in [0.15, 0.2) is 34.5 Å². The summed E-state index contributed by atoms with van der Waals surface area (Å²) >= 11 is 0. The molecule has 0 aromatic heterocycles. The third-order valence-corrected chi connectivity index (χ3v) is 20.0. The predicted octanol–water partition coefficient (Wildman–Crippen LogP) is 11.3. The quantitative estimate of drug-likeness (QED) is 0.0452. The van der Waals surface area contributed by atoms with Crippen LogP contribution in [0.1, 0.15) is 62.6 Å². The van der Waals surface area contributed by atoms with E-state index < -0.39 is 40.2 Å².